The number of halogens is 1. The van der Waals surface area contributed by atoms with E-state index in [0.29, 0.717) is 5.02 Å². The van der Waals surface area contributed by atoms with Crippen LogP contribution in [-0.2, 0) is 4.79 Å². The first-order valence-electron chi connectivity index (χ1n) is 10.2. The number of nitrogens with one attached hydrogen (secondary N) is 1. The summed E-state index contributed by atoms with van der Waals surface area (Å²) in [6, 6.07) is 25.5. The fraction of sp³-hybridized carbons (Fsp3) is 0.240. The number of amides is 1. The third-order valence-electron chi connectivity index (χ3n) is 5.44. The molecule has 0 aliphatic carbocycles. The Morgan fingerprint density at radius 2 is 1.41 bits per heavy atom. The average Bonchev–Trinajstić information content (AvgIpc) is 2.76. The molecule has 0 atom stereocenters. The molecule has 0 bridgehead atoms. The molecule has 1 aliphatic rings. The lowest BCUT2D eigenvalue weighted by molar-refractivity contribution is -0.116. The molecule has 1 fully saturated rings. The van der Waals surface area contributed by atoms with Crippen molar-refractivity contribution < 1.29 is 4.79 Å². The molecule has 0 spiro atoms. The second-order valence-corrected chi connectivity index (χ2v) is 7.86. The maximum atomic E-state index is 13.2. The second-order valence-electron chi connectivity index (χ2n) is 7.46. The highest BCUT2D eigenvalue weighted by molar-refractivity contribution is 6.33. The van der Waals surface area contributed by atoms with Crippen molar-refractivity contribution in [3.8, 4) is 0 Å². The first-order chi connectivity index (χ1) is 14.2. The molecule has 1 saturated heterocycles. The lowest BCUT2D eigenvalue weighted by Crippen LogP contribution is -2.29. The fourth-order valence-corrected chi connectivity index (χ4v) is 4.28. The van der Waals surface area contributed by atoms with Crippen LogP contribution in [0.4, 0.5) is 11.4 Å². The number of benzene rings is 3. The Morgan fingerprint density at radius 3 is 1.97 bits per heavy atom. The largest absolute Gasteiger partial charge is 0.370 e. The molecule has 1 amide bonds. The molecule has 3 aromatic rings. The lowest BCUT2D eigenvalue weighted by Gasteiger charge is -2.29. The Hall–Kier alpha value is -2.78. The van der Waals surface area contributed by atoms with E-state index in [0.717, 1.165) is 35.6 Å². The zero-order valence-corrected chi connectivity index (χ0v) is 17.1. The molecule has 1 N–H and O–H groups in total. The van der Waals surface area contributed by atoms with E-state index in [1.165, 1.54) is 19.3 Å². The van der Waals surface area contributed by atoms with Gasteiger partial charge in [0.15, 0.2) is 0 Å². The van der Waals surface area contributed by atoms with Crippen molar-refractivity contribution in [2.45, 2.75) is 25.2 Å². The van der Waals surface area contributed by atoms with Crippen LogP contribution in [0.15, 0.2) is 78.9 Å². The number of rotatable bonds is 5. The normalized spacial score (nSPS) is 14.1. The van der Waals surface area contributed by atoms with E-state index in [9.17, 15) is 4.79 Å². The van der Waals surface area contributed by atoms with Gasteiger partial charge in [-0.3, -0.25) is 4.79 Å². The number of carbonyl (C=O) groups is 1. The van der Waals surface area contributed by atoms with Gasteiger partial charge in [-0.15, -0.1) is 0 Å². The molecular formula is C25H25ClN2O. The molecule has 29 heavy (non-hydrogen) atoms. The Bertz CT molecular complexity index is 914. The molecule has 0 aromatic heterocycles. The zero-order valence-electron chi connectivity index (χ0n) is 16.4. The molecule has 4 heteroatoms. The van der Waals surface area contributed by atoms with E-state index in [1.54, 1.807) is 0 Å². The highest BCUT2D eigenvalue weighted by Crippen LogP contribution is 2.32. The van der Waals surface area contributed by atoms with Crippen LogP contribution in [0.25, 0.3) is 0 Å². The van der Waals surface area contributed by atoms with Crippen molar-refractivity contribution in [2.24, 2.45) is 0 Å². The molecule has 0 unspecified atom stereocenters. The maximum Gasteiger partial charge on any atom is 0.236 e. The van der Waals surface area contributed by atoms with E-state index in [4.69, 9.17) is 11.6 Å². The summed E-state index contributed by atoms with van der Waals surface area (Å²) in [5, 5.41) is 3.75. The lowest BCUT2D eigenvalue weighted by atomic mass is 9.90. The van der Waals surface area contributed by atoms with Crippen molar-refractivity contribution in [3.63, 3.8) is 0 Å². The molecule has 1 aliphatic heterocycles. The average molecular weight is 405 g/mol. The molecule has 148 valence electrons. The minimum atomic E-state index is -0.377. The highest BCUT2D eigenvalue weighted by atomic mass is 35.5. The molecule has 3 nitrogen and oxygen atoms in total. The summed E-state index contributed by atoms with van der Waals surface area (Å²) >= 11 is 6.57. The van der Waals surface area contributed by atoms with Crippen molar-refractivity contribution in [1.82, 2.24) is 0 Å². The Morgan fingerprint density at radius 1 is 0.828 bits per heavy atom. The van der Waals surface area contributed by atoms with E-state index in [1.807, 2.05) is 78.9 Å². The number of anilines is 2. The molecular weight excluding hydrogens is 380 g/mol. The van der Waals surface area contributed by atoms with Gasteiger partial charge in [0, 0.05) is 18.8 Å². The van der Waals surface area contributed by atoms with Crippen molar-refractivity contribution in [3.05, 3.63) is 95.0 Å². The Kier molecular flexibility index (Phi) is 6.16. The van der Waals surface area contributed by atoms with Crippen LogP contribution in [0.5, 0.6) is 0 Å². The second kappa shape index (κ2) is 9.15. The predicted octanol–water partition coefficient (Wildman–Crippen LogP) is 6.10. The van der Waals surface area contributed by atoms with Gasteiger partial charge >= 0.3 is 0 Å². The summed E-state index contributed by atoms with van der Waals surface area (Å²) in [6.07, 6.45) is 3.68. The van der Waals surface area contributed by atoms with Crippen LogP contribution >= 0.6 is 11.6 Å². The zero-order chi connectivity index (χ0) is 20.1. The molecule has 0 radical (unpaired) electrons. The van der Waals surface area contributed by atoms with Crippen LogP contribution in [0.2, 0.25) is 5.02 Å². The van der Waals surface area contributed by atoms with Crippen LogP contribution in [0.3, 0.4) is 0 Å². The summed E-state index contributed by atoms with van der Waals surface area (Å²) < 4.78 is 0. The summed E-state index contributed by atoms with van der Waals surface area (Å²) in [4.78, 5) is 15.6. The minimum Gasteiger partial charge on any atom is -0.370 e. The van der Waals surface area contributed by atoms with Crippen molar-refractivity contribution >= 4 is 28.9 Å². The quantitative estimate of drug-likeness (QED) is 0.557. The van der Waals surface area contributed by atoms with E-state index >= 15 is 0 Å². The Labute approximate surface area is 177 Å². The van der Waals surface area contributed by atoms with E-state index in [-0.39, 0.29) is 11.8 Å². The number of hydrogen-bond acceptors (Lipinski definition) is 2. The summed E-state index contributed by atoms with van der Waals surface area (Å²) in [7, 11) is 0. The number of nitrogens with zero attached hydrogens (tertiary/aromatic N) is 1. The maximum absolute atomic E-state index is 13.2. The smallest absolute Gasteiger partial charge is 0.236 e. The third-order valence-corrected chi connectivity index (χ3v) is 5.74. The SMILES string of the molecule is O=C(Nc1ccc(N2CCCCC2)c(Cl)c1)C(c1ccccc1)c1ccccc1. The predicted molar refractivity (Wildman–Crippen MR) is 121 cm³/mol. The third kappa shape index (κ3) is 4.63. The molecule has 3 aromatic carbocycles. The first kappa shape index (κ1) is 19.5. The van der Waals surface area contributed by atoms with Crippen LogP contribution in [-0.4, -0.2) is 19.0 Å². The van der Waals surface area contributed by atoms with Crippen LogP contribution in [0, 0.1) is 0 Å². The molecule has 1 heterocycles. The van der Waals surface area contributed by atoms with Gasteiger partial charge in [0.25, 0.3) is 0 Å². The summed E-state index contributed by atoms with van der Waals surface area (Å²) in [5.74, 6) is -0.442. The first-order valence-corrected chi connectivity index (χ1v) is 10.6. The summed E-state index contributed by atoms with van der Waals surface area (Å²) in [5.41, 5.74) is 3.70. The summed E-state index contributed by atoms with van der Waals surface area (Å²) in [6.45, 7) is 2.07. The van der Waals surface area contributed by atoms with Gasteiger partial charge < -0.3 is 10.2 Å². The van der Waals surface area contributed by atoms with Gasteiger partial charge in [0.05, 0.1) is 16.6 Å². The van der Waals surface area contributed by atoms with Gasteiger partial charge in [-0.25, -0.2) is 0 Å². The highest BCUT2D eigenvalue weighted by Gasteiger charge is 2.23. The van der Waals surface area contributed by atoms with E-state index in [2.05, 4.69) is 10.2 Å². The van der Waals surface area contributed by atoms with Gasteiger partial charge in [0.1, 0.15) is 0 Å². The van der Waals surface area contributed by atoms with Gasteiger partial charge in [0.2, 0.25) is 5.91 Å². The molecule has 4 rings (SSSR count). The van der Waals surface area contributed by atoms with Crippen LogP contribution < -0.4 is 10.2 Å². The fourth-order valence-electron chi connectivity index (χ4n) is 3.98. The monoisotopic (exact) mass is 404 g/mol. The van der Waals surface area contributed by atoms with E-state index < -0.39 is 0 Å². The van der Waals surface area contributed by atoms with Gasteiger partial charge in [-0.2, -0.15) is 0 Å². The Balaban J connectivity index is 1.57. The number of piperidine rings is 1. The van der Waals surface area contributed by atoms with Gasteiger partial charge in [-0.05, 0) is 48.6 Å². The number of hydrogen-bond donors (Lipinski definition) is 1. The molecule has 0 saturated carbocycles. The van der Waals surface area contributed by atoms with Crippen molar-refractivity contribution in [1.29, 1.82) is 0 Å². The van der Waals surface area contributed by atoms with Crippen molar-refractivity contribution in [2.75, 3.05) is 23.3 Å². The van der Waals surface area contributed by atoms with Crippen LogP contribution in [0.1, 0.15) is 36.3 Å². The standard InChI is InChI=1S/C25H25ClN2O/c26-22-18-21(14-15-23(22)28-16-8-3-9-17-28)27-25(29)24(19-10-4-1-5-11-19)20-12-6-2-7-13-20/h1-2,4-7,10-15,18,24H,3,8-9,16-17H2,(H,27,29). The minimum absolute atomic E-state index is 0.0656. The van der Waals surface area contributed by atoms with Gasteiger partial charge in [-0.1, -0.05) is 72.3 Å². The number of carbonyl (C=O) groups excluding carboxylic acids is 1. The topological polar surface area (TPSA) is 32.3 Å².